The molecule has 0 aliphatic rings. The fourth-order valence-corrected chi connectivity index (χ4v) is 0.717. The van der Waals surface area contributed by atoms with E-state index in [-0.39, 0.29) is 6.61 Å². The summed E-state index contributed by atoms with van der Waals surface area (Å²) < 4.78 is 0. The second-order valence-corrected chi connectivity index (χ2v) is 2.93. The topological polar surface area (TPSA) is 74.6 Å². The number of aliphatic hydroxyl groups excluding tert-OH is 2. The second kappa shape index (κ2) is 5.00. The van der Waals surface area contributed by atoms with Crippen LogP contribution >= 0.6 is 0 Å². The fraction of sp³-hybridized carbons (Fsp3) is 0.750. The van der Waals surface area contributed by atoms with E-state index in [1.807, 2.05) is 0 Å². The van der Waals surface area contributed by atoms with Gasteiger partial charge in [-0.3, -0.25) is 4.79 Å². The number of ketones is 1. The molecule has 3 unspecified atom stereocenters. The summed E-state index contributed by atoms with van der Waals surface area (Å²) in [4.78, 5) is 21.2. The van der Waals surface area contributed by atoms with E-state index in [0.29, 0.717) is 6.29 Å². The molecule has 0 aliphatic heterocycles. The lowest BCUT2D eigenvalue weighted by atomic mass is 9.95. The van der Waals surface area contributed by atoms with Crippen molar-refractivity contribution in [3.63, 3.8) is 0 Å². The van der Waals surface area contributed by atoms with Crippen molar-refractivity contribution in [3.05, 3.63) is 0 Å². The van der Waals surface area contributed by atoms with Crippen LogP contribution in [0, 0.1) is 11.8 Å². The van der Waals surface area contributed by atoms with Crippen molar-refractivity contribution in [2.24, 2.45) is 11.8 Å². The summed E-state index contributed by atoms with van der Waals surface area (Å²) in [5, 5.41) is 17.8. The molecule has 70 valence electrons. The van der Waals surface area contributed by atoms with Crippen molar-refractivity contribution in [2.45, 2.75) is 20.0 Å². The van der Waals surface area contributed by atoms with Gasteiger partial charge in [0.05, 0.1) is 5.92 Å². The summed E-state index contributed by atoms with van der Waals surface area (Å²) in [7, 11) is 0. The van der Waals surface area contributed by atoms with E-state index in [0.717, 1.165) is 0 Å². The molecule has 0 aromatic carbocycles. The van der Waals surface area contributed by atoms with Gasteiger partial charge < -0.3 is 15.0 Å². The molecular formula is C8H14O4. The molecule has 0 aromatic rings. The van der Waals surface area contributed by atoms with Crippen molar-refractivity contribution in [1.29, 1.82) is 0 Å². The normalized spacial score (nSPS) is 18.0. The van der Waals surface area contributed by atoms with E-state index in [4.69, 9.17) is 5.11 Å². The number of aldehydes is 1. The monoisotopic (exact) mass is 174 g/mol. The molecule has 0 amide bonds. The van der Waals surface area contributed by atoms with Crippen LogP contribution < -0.4 is 0 Å². The maximum Gasteiger partial charge on any atom is 0.171 e. The van der Waals surface area contributed by atoms with Crippen LogP contribution in [0.15, 0.2) is 0 Å². The van der Waals surface area contributed by atoms with Gasteiger partial charge >= 0.3 is 0 Å². The van der Waals surface area contributed by atoms with Crippen LogP contribution in [-0.4, -0.2) is 35.0 Å². The highest BCUT2D eigenvalue weighted by molar-refractivity contribution is 5.95. The van der Waals surface area contributed by atoms with E-state index in [9.17, 15) is 14.7 Å². The Kier molecular flexibility index (Phi) is 4.70. The fourth-order valence-electron chi connectivity index (χ4n) is 0.717. The number of Topliss-reactive ketones (excluding diaryl/α,β-unsaturated/α-hetero) is 1. The third-order valence-corrected chi connectivity index (χ3v) is 1.77. The predicted octanol–water partition coefficient (Wildman–Crippen LogP) is -0.620. The molecule has 12 heavy (non-hydrogen) atoms. The van der Waals surface area contributed by atoms with Gasteiger partial charge in [0.1, 0.15) is 12.4 Å². The molecule has 0 spiro atoms. The van der Waals surface area contributed by atoms with Gasteiger partial charge in [0.25, 0.3) is 0 Å². The molecule has 0 heterocycles. The quantitative estimate of drug-likeness (QED) is 0.430. The number of hydrogen-bond donors (Lipinski definition) is 2. The van der Waals surface area contributed by atoms with Crippen LogP contribution in [0.3, 0.4) is 0 Å². The van der Waals surface area contributed by atoms with E-state index >= 15 is 0 Å². The molecule has 0 fully saturated rings. The highest BCUT2D eigenvalue weighted by atomic mass is 16.3. The lowest BCUT2D eigenvalue weighted by molar-refractivity contribution is -0.136. The van der Waals surface area contributed by atoms with Gasteiger partial charge in [-0.15, -0.1) is 0 Å². The minimum Gasteiger partial charge on any atom is -0.396 e. The van der Waals surface area contributed by atoms with E-state index in [2.05, 4.69) is 0 Å². The Bertz CT molecular complexity index is 166. The summed E-state index contributed by atoms with van der Waals surface area (Å²) in [6, 6.07) is 0. The van der Waals surface area contributed by atoms with E-state index in [1.54, 1.807) is 6.92 Å². The van der Waals surface area contributed by atoms with Crippen LogP contribution in [0.1, 0.15) is 13.8 Å². The smallest absolute Gasteiger partial charge is 0.171 e. The van der Waals surface area contributed by atoms with Crippen molar-refractivity contribution in [2.75, 3.05) is 6.61 Å². The standard InChI is InChI=1S/C8H14O4/c1-5(3-9)7(11)8(12)6(2)4-10/h3,5-6,8,10,12H,4H2,1-2H3. The van der Waals surface area contributed by atoms with Gasteiger partial charge in [0.15, 0.2) is 5.78 Å². The van der Waals surface area contributed by atoms with Gasteiger partial charge in [-0.1, -0.05) is 6.92 Å². The van der Waals surface area contributed by atoms with E-state index < -0.39 is 23.7 Å². The molecular weight excluding hydrogens is 160 g/mol. The van der Waals surface area contributed by atoms with Crippen LogP contribution in [0.25, 0.3) is 0 Å². The Morgan fingerprint density at radius 2 is 2.00 bits per heavy atom. The second-order valence-electron chi connectivity index (χ2n) is 2.93. The summed E-state index contributed by atoms with van der Waals surface area (Å²) in [6.07, 6.45) is -0.759. The first-order valence-electron chi connectivity index (χ1n) is 3.82. The van der Waals surface area contributed by atoms with Crippen LogP contribution in [0.4, 0.5) is 0 Å². The summed E-state index contributed by atoms with van der Waals surface area (Å²) >= 11 is 0. The zero-order chi connectivity index (χ0) is 9.72. The highest BCUT2D eigenvalue weighted by Gasteiger charge is 2.25. The minimum absolute atomic E-state index is 0.265. The average molecular weight is 174 g/mol. The first-order valence-corrected chi connectivity index (χ1v) is 3.82. The van der Waals surface area contributed by atoms with Crippen molar-refractivity contribution in [3.8, 4) is 0 Å². The van der Waals surface area contributed by atoms with Gasteiger partial charge in [0.2, 0.25) is 0 Å². The minimum atomic E-state index is -1.24. The van der Waals surface area contributed by atoms with Crippen molar-refractivity contribution >= 4 is 12.1 Å². The SMILES string of the molecule is CC(C=O)C(=O)C(O)C(C)CO. The number of carbonyl (C=O) groups is 2. The third kappa shape index (κ3) is 2.71. The number of rotatable bonds is 5. The Balaban J connectivity index is 4.18. The molecule has 0 rings (SSSR count). The third-order valence-electron chi connectivity index (χ3n) is 1.77. The molecule has 4 heteroatoms. The molecule has 0 saturated heterocycles. The molecule has 0 bridgehead atoms. The molecule has 0 aliphatic carbocycles. The molecule has 0 radical (unpaired) electrons. The molecule has 2 N–H and O–H groups in total. The highest BCUT2D eigenvalue weighted by Crippen LogP contribution is 2.07. The zero-order valence-electron chi connectivity index (χ0n) is 7.23. The van der Waals surface area contributed by atoms with Gasteiger partial charge in [0, 0.05) is 12.5 Å². The van der Waals surface area contributed by atoms with Gasteiger partial charge in [-0.2, -0.15) is 0 Å². The summed E-state index contributed by atoms with van der Waals surface area (Å²) in [6.45, 7) is 2.70. The Labute approximate surface area is 71.2 Å². The molecule has 3 atom stereocenters. The lowest BCUT2D eigenvalue weighted by Crippen LogP contribution is -2.34. The predicted molar refractivity (Wildman–Crippen MR) is 42.5 cm³/mol. The van der Waals surface area contributed by atoms with Crippen LogP contribution in [0.5, 0.6) is 0 Å². The Hall–Kier alpha value is -0.740. The Morgan fingerprint density at radius 3 is 2.33 bits per heavy atom. The zero-order valence-corrected chi connectivity index (χ0v) is 7.23. The Morgan fingerprint density at radius 1 is 1.50 bits per heavy atom. The van der Waals surface area contributed by atoms with Crippen molar-refractivity contribution < 1.29 is 19.8 Å². The number of hydrogen-bond acceptors (Lipinski definition) is 4. The number of aliphatic hydroxyl groups is 2. The van der Waals surface area contributed by atoms with Crippen LogP contribution in [0.2, 0.25) is 0 Å². The maximum absolute atomic E-state index is 11.1. The number of carbonyl (C=O) groups excluding carboxylic acids is 2. The first kappa shape index (κ1) is 11.3. The molecule has 4 nitrogen and oxygen atoms in total. The first-order chi connectivity index (χ1) is 5.54. The van der Waals surface area contributed by atoms with E-state index in [1.165, 1.54) is 6.92 Å². The largest absolute Gasteiger partial charge is 0.396 e. The summed E-state index contributed by atoms with van der Waals surface area (Å²) in [5.74, 6) is -1.85. The molecule has 0 saturated carbocycles. The lowest BCUT2D eigenvalue weighted by Gasteiger charge is -2.16. The molecule has 0 aromatic heterocycles. The van der Waals surface area contributed by atoms with Gasteiger partial charge in [-0.25, -0.2) is 0 Å². The van der Waals surface area contributed by atoms with Crippen LogP contribution in [-0.2, 0) is 9.59 Å². The van der Waals surface area contributed by atoms with Gasteiger partial charge in [-0.05, 0) is 6.92 Å². The summed E-state index contributed by atoms with van der Waals surface area (Å²) in [5.41, 5.74) is 0. The average Bonchev–Trinajstić information content (AvgIpc) is 2.12. The maximum atomic E-state index is 11.1. The van der Waals surface area contributed by atoms with Crippen molar-refractivity contribution in [1.82, 2.24) is 0 Å².